The average Bonchev–Trinajstić information content (AvgIpc) is 3.01. The zero-order chi connectivity index (χ0) is 20.1. The van der Waals surface area contributed by atoms with Gasteiger partial charge in [-0.05, 0) is 31.5 Å². The van der Waals surface area contributed by atoms with Crippen LogP contribution in [0.1, 0.15) is 55.2 Å². The molecule has 0 bridgehead atoms. The number of carbonyl (C=O) groups excluding carboxylic acids is 1. The molecule has 1 aliphatic rings. The molecule has 5 nitrogen and oxygen atoms in total. The highest BCUT2D eigenvalue weighted by atomic mass is 32.1. The number of aromatic nitrogens is 1. The van der Waals surface area contributed by atoms with Gasteiger partial charge in [0.25, 0.3) is 5.91 Å². The van der Waals surface area contributed by atoms with Crippen LogP contribution in [0.15, 0.2) is 29.6 Å². The third-order valence-corrected chi connectivity index (χ3v) is 6.16. The van der Waals surface area contributed by atoms with Crippen LogP contribution in [0.5, 0.6) is 5.75 Å². The first-order valence-electron chi connectivity index (χ1n) is 10.1. The lowest BCUT2D eigenvalue weighted by atomic mass is 9.98. The van der Waals surface area contributed by atoms with E-state index in [0.717, 1.165) is 50.6 Å². The molecule has 1 aromatic carbocycles. The van der Waals surface area contributed by atoms with Crippen LogP contribution in [0.3, 0.4) is 0 Å². The van der Waals surface area contributed by atoms with Crippen molar-refractivity contribution >= 4 is 17.2 Å². The Labute approximate surface area is 172 Å². The first-order chi connectivity index (χ1) is 13.4. The molecule has 1 fully saturated rings. The van der Waals surface area contributed by atoms with Crippen LogP contribution < -0.4 is 4.74 Å². The second-order valence-corrected chi connectivity index (χ2v) is 9.13. The molecular weight excluding hydrogens is 370 g/mol. The van der Waals surface area contributed by atoms with Gasteiger partial charge in [-0.2, -0.15) is 0 Å². The zero-order valence-corrected chi connectivity index (χ0v) is 18.2. The van der Waals surface area contributed by atoms with E-state index in [9.17, 15) is 4.79 Å². The van der Waals surface area contributed by atoms with Crippen LogP contribution in [-0.4, -0.2) is 53.5 Å². The van der Waals surface area contributed by atoms with Gasteiger partial charge in [0, 0.05) is 49.1 Å². The van der Waals surface area contributed by atoms with Crippen molar-refractivity contribution < 1.29 is 9.53 Å². The molecule has 28 heavy (non-hydrogen) atoms. The molecule has 0 unspecified atom stereocenters. The lowest BCUT2D eigenvalue weighted by Crippen LogP contribution is -2.35. The standard InChI is InChI=1S/C22H31N3O2S/c1-5-27-19-9-6-8-17(14-19)20(26)25-11-7-10-24(12-13-25)15-18-16-28-21(23-18)22(2,3)4/h6,8-9,14,16H,5,7,10-13,15H2,1-4H3. The molecule has 0 saturated carbocycles. The van der Waals surface area contributed by atoms with Crippen LogP contribution in [0, 0.1) is 0 Å². The largest absolute Gasteiger partial charge is 0.494 e. The van der Waals surface area contributed by atoms with Gasteiger partial charge >= 0.3 is 0 Å². The van der Waals surface area contributed by atoms with Gasteiger partial charge in [0.2, 0.25) is 0 Å². The Balaban J connectivity index is 1.59. The minimum atomic E-state index is 0.0899. The predicted molar refractivity (Wildman–Crippen MR) is 114 cm³/mol. The number of carbonyl (C=O) groups is 1. The van der Waals surface area contributed by atoms with Crippen molar-refractivity contribution in [2.24, 2.45) is 0 Å². The highest BCUT2D eigenvalue weighted by molar-refractivity contribution is 7.09. The number of thiazole rings is 1. The summed E-state index contributed by atoms with van der Waals surface area (Å²) in [5, 5.41) is 3.36. The van der Waals surface area contributed by atoms with Gasteiger partial charge in [0.15, 0.2) is 0 Å². The highest BCUT2D eigenvalue weighted by Crippen LogP contribution is 2.26. The first-order valence-corrected chi connectivity index (χ1v) is 10.9. The first kappa shape index (κ1) is 20.8. The second-order valence-electron chi connectivity index (χ2n) is 8.28. The molecule has 1 amide bonds. The van der Waals surface area contributed by atoms with E-state index in [2.05, 4.69) is 31.1 Å². The number of amides is 1. The smallest absolute Gasteiger partial charge is 0.254 e. The Morgan fingerprint density at radius 2 is 2.04 bits per heavy atom. The number of benzene rings is 1. The topological polar surface area (TPSA) is 45.7 Å². The molecular formula is C22H31N3O2S. The maximum absolute atomic E-state index is 12.9. The van der Waals surface area contributed by atoms with Gasteiger partial charge in [-0.1, -0.05) is 26.8 Å². The van der Waals surface area contributed by atoms with Gasteiger partial charge < -0.3 is 9.64 Å². The summed E-state index contributed by atoms with van der Waals surface area (Å²) in [6.07, 6.45) is 0.979. The van der Waals surface area contributed by atoms with E-state index in [0.29, 0.717) is 12.2 Å². The quantitative estimate of drug-likeness (QED) is 0.754. The molecule has 0 spiro atoms. The predicted octanol–water partition coefficient (Wildman–Crippen LogP) is 4.19. The van der Waals surface area contributed by atoms with Crippen molar-refractivity contribution in [2.45, 2.75) is 46.1 Å². The summed E-state index contributed by atoms with van der Waals surface area (Å²) in [5.41, 5.74) is 1.94. The highest BCUT2D eigenvalue weighted by Gasteiger charge is 2.22. The number of hydrogen-bond donors (Lipinski definition) is 0. The molecule has 2 heterocycles. The molecule has 2 aromatic rings. The summed E-state index contributed by atoms with van der Waals surface area (Å²) in [4.78, 5) is 22.1. The van der Waals surface area contributed by atoms with Crippen molar-refractivity contribution in [3.8, 4) is 5.75 Å². The molecule has 0 N–H and O–H groups in total. The third kappa shape index (κ3) is 5.32. The van der Waals surface area contributed by atoms with E-state index >= 15 is 0 Å². The summed E-state index contributed by atoms with van der Waals surface area (Å²) in [6.45, 7) is 13.4. The van der Waals surface area contributed by atoms with Crippen molar-refractivity contribution in [3.63, 3.8) is 0 Å². The minimum Gasteiger partial charge on any atom is -0.494 e. The van der Waals surface area contributed by atoms with E-state index in [1.807, 2.05) is 36.1 Å². The summed E-state index contributed by atoms with van der Waals surface area (Å²) in [6, 6.07) is 7.50. The van der Waals surface area contributed by atoms with Crippen LogP contribution in [-0.2, 0) is 12.0 Å². The molecule has 0 radical (unpaired) electrons. The third-order valence-electron chi connectivity index (χ3n) is 4.85. The lowest BCUT2D eigenvalue weighted by Gasteiger charge is -2.22. The number of rotatable bonds is 5. The van der Waals surface area contributed by atoms with Crippen molar-refractivity contribution in [2.75, 3.05) is 32.8 Å². The van der Waals surface area contributed by atoms with E-state index in [1.165, 1.54) is 5.01 Å². The fraction of sp³-hybridized carbons (Fsp3) is 0.545. The molecule has 3 rings (SSSR count). The zero-order valence-electron chi connectivity index (χ0n) is 17.4. The second kappa shape index (κ2) is 9.05. The fourth-order valence-electron chi connectivity index (χ4n) is 3.35. The Hall–Kier alpha value is -1.92. The van der Waals surface area contributed by atoms with Gasteiger partial charge in [-0.3, -0.25) is 9.69 Å². The maximum Gasteiger partial charge on any atom is 0.254 e. The van der Waals surface area contributed by atoms with Crippen molar-refractivity contribution in [3.05, 3.63) is 45.9 Å². The van der Waals surface area contributed by atoms with E-state index in [4.69, 9.17) is 9.72 Å². The van der Waals surface area contributed by atoms with Gasteiger partial charge in [0.05, 0.1) is 17.3 Å². The van der Waals surface area contributed by atoms with Crippen LogP contribution >= 0.6 is 11.3 Å². The maximum atomic E-state index is 12.9. The summed E-state index contributed by atoms with van der Waals surface area (Å²) in [7, 11) is 0. The Morgan fingerprint density at radius 3 is 2.75 bits per heavy atom. The van der Waals surface area contributed by atoms with Crippen molar-refractivity contribution in [1.82, 2.24) is 14.8 Å². The average molecular weight is 402 g/mol. The lowest BCUT2D eigenvalue weighted by molar-refractivity contribution is 0.0760. The van der Waals surface area contributed by atoms with Crippen molar-refractivity contribution in [1.29, 1.82) is 0 Å². The number of nitrogens with zero attached hydrogens (tertiary/aromatic N) is 3. The summed E-state index contributed by atoms with van der Waals surface area (Å²) >= 11 is 1.74. The van der Waals surface area contributed by atoms with Crippen LogP contribution in [0.4, 0.5) is 0 Å². The van der Waals surface area contributed by atoms with E-state index in [1.54, 1.807) is 11.3 Å². The summed E-state index contributed by atoms with van der Waals surface area (Å²) in [5.74, 6) is 0.843. The summed E-state index contributed by atoms with van der Waals surface area (Å²) < 4.78 is 5.53. The normalized spacial score (nSPS) is 16.1. The fourth-order valence-corrected chi connectivity index (χ4v) is 4.25. The number of ether oxygens (including phenoxy) is 1. The van der Waals surface area contributed by atoms with Gasteiger partial charge in [-0.25, -0.2) is 4.98 Å². The van der Waals surface area contributed by atoms with E-state index < -0.39 is 0 Å². The molecule has 0 atom stereocenters. The molecule has 1 aromatic heterocycles. The van der Waals surface area contributed by atoms with E-state index in [-0.39, 0.29) is 11.3 Å². The molecule has 1 saturated heterocycles. The molecule has 0 aliphatic carbocycles. The monoisotopic (exact) mass is 401 g/mol. The number of hydrogen-bond acceptors (Lipinski definition) is 5. The molecule has 6 heteroatoms. The Morgan fingerprint density at radius 1 is 1.21 bits per heavy atom. The van der Waals surface area contributed by atoms with Crippen LogP contribution in [0.25, 0.3) is 0 Å². The Kier molecular flexibility index (Phi) is 6.73. The Bertz CT molecular complexity index is 797. The minimum absolute atomic E-state index is 0.0899. The van der Waals surface area contributed by atoms with Crippen LogP contribution in [0.2, 0.25) is 0 Å². The SMILES string of the molecule is CCOc1cccc(C(=O)N2CCCN(Cc3csc(C(C)(C)C)n3)CC2)c1. The molecule has 152 valence electrons. The van der Waals surface area contributed by atoms with Gasteiger partial charge in [-0.15, -0.1) is 11.3 Å². The molecule has 1 aliphatic heterocycles. The van der Waals surface area contributed by atoms with Gasteiger partial charge in [0.1, 0.15) is 5.75 Å².